The van der Waals surface area contributed by atoms with Gasteiger partial charge in [0.05, 0.1) is 13.5 Å². The minimum Gasteiger partial charge on any atom is -0.245 e. The molecule has 0 radical (unpaired) electrons. The van der Waals surface area contributed by atoms with Crippen LogP contribution < -0.4 is 0 Å². The maximum Gasteiger partial charge on any atom is 0.329 e. The van der Waals surface area contributed by atoms with E-state index in [-0.39, 0.29) is 17.9 Å². The molecule has 4 rings (SSSR count). The van der Waals surface area contributed by atoms with Gasteiger partial charge in [-0.3, -0.25) is 0 Å². The average molecular weight is 321 g/mol. The lowest BCUT2D eigenvalue weighted by Crippen LogP contribution is -2.51. The third kappa shape index (κ3) is 2.14. The van der Waals surface area contributed by atoms with E-state index in [4.69, 9.17) is 0 Å². The van der Waals surface area contributed by atoms with Crippen LogP contribution in [0, 0.1) is 0 Å². The molecule has 2 aromatic rings. The molecule has 0 saturated carbocycles. The van der Waals surface area contributed by atoms with Crippen LogP contribution in [0.25, 0.3) is 0 Å². The highest BCUT2D eigenvalue weighted by Crippen LogP contribution is 2.38. The quantitative estimate of drug-likeness (QED) is 0.621. The summed E-state index contributed by atoms with van der Waals surface area (Å²) in [4.78, 5) is 35.8. The number of carbonyl (C=O) groups excluding carboxylic acids is 2. The molecule has 2 aliphatic rings. The third-order valence-electron chi connectivity index (χ3n) is 4.78. The lowest BCUT2D eigenvalue weighted by atomic mass is 9.94. The number of benzene rings is 1. The van der Waals surface area contributed by atoms with E-state index in [9.17, 15) is 9.59 Å². The molecule has 120 valence electrons. The van der Waals surface area contributed by atoms with Crippen molar-refractivity contribution in [1.29, 1.82) is 0 Å². The highest BCUT2D eigenvalue weighted by molar-refractivity contribution is 6.14. The first-order valence-corrected chi connectivity index (χ1v) is 7.95. The number of carbonyl (C=O) groups is 2. The van der Waals surface area contributed by atoms with Gasteiger partial charge in [-0.2, -0.15) is 4.90 Å². The van der Waals surface area contributed by atoms with Gasteiger partial charge in [0.2, 0.25) is 0 Å². The molecule has 1 saturated heterocycles. The Balaban J connectivity index is 1.80. The highest BCUT2D eigenvalue weighted by atomic mass is 16.2. The lowest BCUT2D eigenvalue weighted by molar-refractivity contribution is -0.428. The van der Waals surface area contributed by atoms with Crippen molar-refractivity contribution in [2.45, 2.75) is 24.8 Å². The fourth-order valence-corrected chi connectivity index (χ4v) is 3.60. The minimum absolute atomic E-state index is 0.115. The topological polar surface area (TPSA) is 66.2 Å². The summed E-state index contributed by atoms with van der Waals surface area (Å²) in [6, 6.07) is 9.12. The van der Waals surface area contributed by atoms with Gasteiger partial charge in [0.15, 0.2) is 5.92 Å². The zero-order valence-electron chi connectivity index (χ0n) is 13.3. The Bertz CT molecular complexity index is 833. The number of hydrogen-bond donors (Lipinski definition) is 0. The van der Waals surface area contributed by atoms with Gasteiger partial charge in [0.25, 0.3) is 5.84 Å². The molecule has 2 unspecified atom stereocenters. The van der Waals surface area contributed by atoms with Crippen LogP contribution in [0.2, 0.25) is 0 Å². The van der Waals surface area contributed by atoms with Crippen LogP contribution in [0.15, 0.2) is 49.1 Å². The number of rotatable bonds is 2. The first kappa shape index (κ1) is 14.7. The summed E-state index contributed by atoms with van der Waals surface area (Å²) < 4.78 is 1.63. The number of hydrogen-bond acceptors (Lipinski definition) is 4. The van der Waals surface area contributed by atoms with Crippen molar-refractivity contribution in [3.63, 3.8) is 0 Å². The Kier molecular flexibility index (Phi) is 3.45. The van der Waals surface area contributed by atoms with Crippen LogP contribution in [0.5, 0.6) is 0 Å². The Morgan fingerprint density at radius 2 is 1.79 bits per heavy atom. The van der Waals surface area contributed by atoms with E-state index >= 15 is 0 Å². The second kappa shape index (κ2) is 5.63. The average Bonchev–Trinajstić information content (AvgIpc) is 3.07. The molecule has 6 nitrogen and oxygen atoms in total. The first-order chi connectivity index (χ1) is 11.7. The van der Waals surface area contributed by atoms with E-state index in [2.05, 4.69) is 9.97 Å². The molecular formula is C18H17N4O2+. The number of likely N-dealkylation sites (N-methyl/N-ethyl adjacent to an activating group) is 1. The molecule has 2 atom stereocenters. The zero-order chi connectivity index (χ0) is 16.7. The summed E-state index contributed by atoms with van der Waals surface area (Å²) in [5.41, 5.74) is 1.63. The monoisotopic (exact) mass is 321 g/mol. The summed E-state index contributed by atoms with van der Waals surface area (Å²) in [6.07, 6.45) is 6.41. The molecule has 3 heterocycles. The van der Waals surface area contributed by atoms with Gasteiger partial charge in [-0.15, -0.1) is 0 Å². The Labute approximate surface area is 139 Å². The third-order valence-corrected chi connectivity index (χ3v) is 4.78. The second-order valence-corrected chi connectivity index (χ2v) is 6.09. The molecule has 6 heteroatoms. The van der Waals surface area contributed by atoms with Crippen molar-refractivity contribution in [2.75, 3.05) is 7.05 Å². The predicted octanol–water partition coefficient (Wildman–Crippen LogP) is 1.50. The fourth-order valence-electron chi connectivity index (χ4n) is 3.60. The second-order valence-electron chi connectivity index (χ2n) is 6.09. The zero-order valence-corrected chi connectivity index (χ0v) is 13.3. The van der Waals surface area contributed by atoms with Gasteiger partial charge in [-0.1, -0.05) is 30.3 Å². The van der Waals surface area contributed by atoms with Crippen molar-refractivity contribution in [3.05, 3.63) is 60.2 Å². The lowest BCUT2D eigenvalue weighted by Gasteiger charge is -2.27. The fraction of sp³-hybridized carbons (Fsp3) is 0.278. The van der Waals surface area contributed by atoms with Crippen molar-refractivity contribution < 1.29 is 14.2 Å². The van der Waals surface area contributed by atoms with E-state index in [1.54, 1.807) is 28.9 Å². The summed E-state index contributed by atoms with van der Waals surface area (Å²) in [6.45, 7) is 0. The minimum atomic E-state index is -0.787. The van der Waals surface area contributed by atoms with Gasteiger partial charge < -0.3 is 0 Å². The van der Waals surface area contributed by atoms with Crippen molar-refractivity contribution in [1.82, 2.24) is 14.9 Å². The molecule has 24 heavy (non-hydrogen) atoms. The summed E-state index contributed by atoms with van der Waals surface area (Å²) in [7, 11) is 1.75. The maximum atomic E-state index is 13.2. The predicted molar refractivity (Wildman–Crippen MR) is 86.2 cm³/mol. The van der Waals surface area contributed by atoms with E-state index in [1.807, 2.05) is 30.3 Å². The van der Waals surface area contributed by atoms with Crippen LogP contribution in [0.1, 0.15) is 35.9 Å². The Morgan fingerprint density at radius 3 is 2.50 bits per heavy atom. The molecule has 2 amide bonds. The number of amidine groups is 1. The Hall–Kier alpha value is -2.89. The van der Waals surface area contributed by atoms with Crippen molar-refractivity contribution in [3.8, 4) is 0 Å². The smallest absolute Gasteiger partial charge is 0.245 e. The highest BCUT2D eigenvalue weighted by Gasteiger charge is 2.53. The molecule has 1 fully saturated rings. The number of aromatic nitrogens is 2. The number of fused-ring (bicyclic) bond motifs is 1. The Morgan fingerprint density at radius 1 is 1.08 bits per heavy atom. The molecule has 2 aliphatic heterocycles. The summed E-state index contributed by atoms with van der Waals surface area (Å²) in [5, 5.41) is 0. The first-order valence-electron chi connectivity index (χ1n) is 7.95. The van der Waals surface area contributed by atoms with Gasteiger partial charge in [-0.25, -0.2) is 24.1 Å². The molecule has 0 bridgehead atoms. The molecule has 0 spiro atoms. The standard InChI is InChI=1S/C18H17N4O2/c1-21-15-8-7-14(13-9-19-11-20-10-13)22(15)18(24)16(17(21)23)12-5-3-2-4-6-12/h2-6,9-11,14,16H,7-8H2,1H3/q+1. The van der Waals surface area contributed by atoms with Crippen LogP contribution in [-0.4, -0.2) is 44.1 Å². The van der Waals surface area contributed by atoms with E-state index < -0.39 is 5.92 Å². The molecule has 1 aromatic heterocycles. The molecule has 1 aromatic carbocycles. The van der Waals surface area contributed by atoms with Gasteiger partial charge in [-0.05, 0) is 5.56 Å². The largest absolute Gasteiger partial charge is 0.329 e. The number of nitrogens with zero attached hydrogens (tertiary/aromatic N) is 4. The van der Waals surface area contributed by atoms with Crippen LogP contribution >= 0.6 is 0 Å². The van der Waals surface area contributed by atoms with Crippen LogP contribution in [0.3, 0.4) is 0 Å². The molecule has 0 aliphatic carbocycles. The normalized spacial score (nSPS) is 23.6. The van der Waals surface area contributed by atoms with E-state index in [1.165, 1.54) is 6.33 Å². The number of amides is 2. The van der Waals surface area contributed by atoms with Crippen molar-refractivity contribution >= 4 is 17.6 Å². The molecular weight excluding hydrogens is 304 g/mol. The molecule has 0 N–H and O–H groups in total. The SMILES string of the molecule is C[N+]1=C2CCC(c3cncnc3)N2C(=O)C(c2ccccc2)C1=O. The van der Waals surface area contributed by atoms with E-state index in [0.717, 1.165) is 23.4 Å². The van der Waals surface area contributed by atoms with Gasteiger partial charge in [0.1, 0.15) is 12.4 Å². The van der Waals surface area contributed by atoms with Gasteiger partial charge in [0, 0.05) is 24.4 Å². The summed E-state index contributed by atoms with van der Waals surface area (Å²) >= 11 is 0. The van der Waals surface area contributed by atoms with Crippen molar-refractivity contribution in [2.24, 2.45) is 0 Å². The van der Waals surface area contributed by atoms with Crippen LogP contribution in [-0.2, 0) is 9.59 Å². The van der Waals surface area contributed by atoms with E-state index in [0.29, 0.717) is 6.42 Å². The maximum absolute atomic E-state index is 13.2. The van der Waals surface area contributed by atoms with Crippen LogP contribution in [0.4, 0.5) is 0 Å². The summed E-state index contributed by atoms with van der Waals surface area (Å²) in [5.74, 6) is -0.343. The van der Waals surface area contributed by atoms with Gasteiger partial charge >= 0.3 is 11.8 Å².